The molecule has 0 aliphatic rings. The minimum absolute atomic E-state index is 0.917. The molecule has 0 fully saturated rings. The molecule has 10 rings (SSSR count). The third kappa shape index (κ3) is 3.90. The van der Waals surface area contributed by atoms with Gasteiger partial charge in [0.1, 0.15) is 11.2 Å². The Kier molecular flexibility index (Phi) is 5.64. The van der Waals surface area contributed by atoms with E-state index in [-0.39, 0.29) is 0 Å². The molecule has 0 N–H and O–H groups in total. The van der Waals surface area contributed by atoms with Crippen LogP contribution in [-0.4, -0.2) is 0 Å². The third-order valence-electron chi connectivity index (χ3n) is 9.84. The molecule has 0 spiro atoms. The SMILES string of the molecule is c1cc(-c2c3ccccc3c(-c3cccc4ccccc34)c3ccccc23)cc(-c2cc3oc4ccccc4c3c3ccccc23)c1. The quantitative estimate of drug-likeness (QED) is 0.185. The molecular formula is C46H28O. The lowest BCUT2D eigenvalue weighted by Gasteiger charge is -2.19. The van der Waals surface area contributed by atoms with Crippen molar-refractivity contribution in [3.05, 3.63) is 170 Å². The van der Waals surface area contributed by atoms with Crippen molar-refractivity contribution in [2.24, 2.45) is 0 Å². The predicted octanol–water partition coefficient (Wildman–Crippen LogP) is 13.2. The number of para-hydroxylation sites is 1. The molecule has 0 bridgehead atoms. The molecule has 1 nitrogen and oxygen atoms in total. The van der Waals surface area contributed by atoms with Gasteiger partial charge in [0.05, 0.1) is 0 Å². The summed E-state index contributed by atoms with van der Waals surface area (Å²) in [5.74, 6) is 0. The van der Waals surface area contributed by atoms with Gasteiger partial charge in [0.2, 0.25) is 0 Å². The minimum atomic E-state index is 0.917. The monoisotopic (exact) mass is 596 g/mol. The summed E-state index contributed by atoms with van der Waals surface area (Å²) < 4.78 is 6.44. The third-order valence-corrected chi connectivity index (χ3v) is 9.84. The Morgan fingerprint density at radius 1 is 0.298 bits per heavy atom. The van der Waals surface area contributed by atoms with Gasteiger partial charge < -0.3 is 4.42 Å². The van der Waals surface area contributed by atoms with Gasteiger partial charge in [-0.3, -0.25) is 0 Å². The first-order valence-corrected chi connectivity index (χ1v) is 16.2. The van der Waals surface area contributed by atoms with Crippen molar-refractivity contribution in [1.29, 1.82) is 0 Å². The van der Waals surface area contributed by atoms with Crippen molar-refractivity contribution >= 4 is 65.0 Å². The standard InChI is InChI=1S/C46H28O/c1-2-17-32-29(13-1)14-12-25-34(32)45-38-22-7-5-20-36(38)44(37-21-6-8-23-39(37)45)31-16-11-15-30(27-31)41-28-43-46(35-19-4-3-18-33(35)41)40-24-9-10-26-42(40)47-43/h1-28H. The van der Waals surface area contributed by atoms with E-state index in [9.17, 15) is 0 Å². The number of hydrogen-bond donors (Lipinski definition) is 0. The Morgan fingerprint density at radius 3 is 1.57 bits per heavy atom. The second kappa shape index (κ2) is 10.2. The summed E-state index contributed by atoms with van der Waals surface area (Å²) in [5.41, 5.74) is 9.20. The molecule has 0 atom stereocenters. The summed E-state index contributed by atoms with van der Waals surface area (Å²) in [6.07, 6.45) is 0. The average molecular weight is 597 g/mol. The maximum Gasteiger partial charge on any atom is 0.136 e. The zero-order valence-electron chi connectivity index (χ0n) is 25.6. The molecule has 1 heteroatoms. The molecule has 0 amide bonds. The van der Waals surface area contributed by atoms with Gasteiger partial charge in [-0.05, 0) is 94.7 Å². The fourth-order valence-corrected chi connectivity index (χ4v) is 7.84. The first-order valence-electron chi connectivity index (χ1n) is 16.2. The van der Waals surface area contributed by atoms with Gasteiger partial charge in [-0.15, -0.1) is 0 Å². The van der Waals surface area contributed by atoms with E-state index in [1.54, 1.807) is 0 Å². The molecule has 9 aromatic carbocycles. The van der Waals surface area contributed by atoms with Crippen LogP contribution in [0.15, 0.2) is 174 Å². The van der Waals surface area contributed by atoms with Crippen molar-refractivity contribution < 1.29 is 4.42 Å². The second-order valence-electron chi connectivity index (χ2n) is 12.4. The first-order chi connectivity index (χ1) is 23.3. The smallest absolute Gasteiger partial charge is 0.136 e. The maximum atomic E-state index is 6.44. The van der Waals surface area contributed by atoms with E-state index >= 15 is 0 Å². The second-order valence-corrected chi connectivity index (χ2v) is 12.4. The van der Waals surface area contributed by atoms with Gasteiger partial charge in [0.25, 0.3) is 0 Å². The van der Waals surface area contributed by atoms with Crippen molar-refractivity contribution in [2.75, 3.05) is 0 Å². The molecule has 0 aliphatic carbocycles. The topological polar surface area (TPSA) is 13.1 Å². The minimum Gasteiger partial charge on any atom is -0.456 e. The molecule has 218 valence electrons. The summed E-state index contributed by atoms with van der Waals surface area (Å²) in [6.45, 7) is 0. The maximum absolute atomic E-state index is 6.44. The largest absolute Gasteiger partial charge is 0.456 e. The van der Waals surface area contributed by atoms with Crippen LogP contribution in [0.25, 0.3) is 98.4 Å². The van der Waals surface area contributed by atoms with Crippen molar-refractivity contribution in [1.82, 2.24) is 0 Å². The highest BCUT2D eigenvalue weighted by molar-refractivity contribution is 6.24. The summed E-state index contributed by atoms with van der Waals surface area (Å²) in [4.78, 5) is 0. The highest BCUT2D eigenvalue weighted by Gasteiger charge is 2.19. The Hall–Kier alpha value is -6.18. The Bertz CT molecular complexity index is 2790. The molecule has 0 saturated carbocycles. The van der Waals surface area contributed by atoms with Gasteiger partial charge in [0, 0.05) is 10.8 Å². The van der Waals surface area contributed by atoms with E-state index in [1.165, 1.54) is 81.9 Å². The van der Waals surface area contributed by atoms with Gasteiger partial charge >= 0.3 is 0 Å². The number of benzene rings is 9. The van der Waals surface area contributed by atoms with Crippen molar-refractivity contribution in [3.63, 3.8) is 0 Å². The van der Waals surface area contributed by atoms with Crippen LogP contribution in [0.2, 0.25) is 0 Å². The van der Waals surface area contributed by atoms with E-state index in [1.807, 2.05) is 6.07 Å². The zero-order valence-corrected chi connectivity index (χ0v) is 25.6. The van der Waals surface area contributed by atoms with Gasteiger partial charge in [-0.25, -0.2) is 0 Å². The summed E-state index contributed by atoms with van der Waals surface area (Å²) in [5, 5.41) is 12.3. The van der Waals surface area contributed by atoms with E-state index in [2.05, 4.69) is 164 Å². The fourth-order valence-electron chi connectivity index (χ4n) is 7.84. The highest BCUT2D eigenvalue weighted by Crippen LogP contribution is 2.46. The molecule has 0 unspecified atom stereocenters. The number of fused-ring (bicyclic) bond motifs is 8. The molecular weight excluding hydrogens is 569 g/mol. The predicted molar refractivity (Wildman–Crippen MR) is 200 cm³/mol. The molecule has 1 heterocycles. The van der Waals surface area contributed by atoms with Gasteiger partial charge in [-0.2, -0.15) is 0 Å². The highest BCUT2D eigenvalue weighted by atomic mass is 16.3. The Morgan fingerprint density at radius 2 is 0.830 bits per heavy atom. The number of furan rings is 1. The normalized spacial score (nSPS) is 11.8. The van der Waals surface area contributed by atoms with E-state index in [4.69, 9.17) is 4.42 Å². The average Bonchev–Trinajstić information content (AvgIpc) is 3.52. The fraction of sp³-hybridized carbons (Fsp3) is 0. The lowest BCUT2D eigenvalue weighted by atomic mass is 9.84. The van der Waals surface area contributed by atoms with Crippen molar-refractivity contribution in [2.45, 2.75) is 0 Å². The van der Waals surface area contributed by atoms with Crippen LogP contribution >= 0.6 is 0 Å². The molecule has 1 aromatic heterocycles. The number of rotatable bonds is 3. The first kappa shape index (κ1) is 26.1. The van der Waals surface area contributed by atoms with Crippen LogP contribution in [0.1, 0.15) is 0 Å². The van der Waals surface area contributed by atoms with Crippen molar-refractivity contribution in [3.8, 4) is 33.4 Å². The lowest BCUT2D eigenvalue weighted by molar-refractivity contribution is 0.669. The summed E-state index contributed by atoms with van der Waals surface area (Å²) in [6, 6.07) is 61.5. The number of hydrogen-bond acceptors (Lipinski definition) is 1. The van der Waals surface area contributed by atoms with Crippen LogP contribution < -0.4 is 0 Å². The van der Waals surface area contributed by atoms with Crippen LogP contribution in [0, 0.1) is 0 Å². The van der Waals surface area contributed by atoms with Crippen LogP contribution in [0.5, 0.6) is 0 Å². The van der Waals surface area contributed by atoms with E-state index in [0.29, 0.717) is 0 Å². The van der Waals surface area contributed by atoms with Crippen LogP contribution in [0.4, 0.5) is 0 Å². The van der Waals surface area contributed by atoms with Crippen LogP contribution in [-0.2, 0) is 0 Å². The summed E-state index contributed by atoms with van der Waals surface area (Å²) in [7, 11) is 0. The molecule has 47 heavy (non-hydrogen) atoms. The Labute approximate surface area is 271 Å². The van der Waals surface area contributed by atoms with Gasteiger partial charge in [-0.1, -0.05) is 152 Å². The lowest BCUT2D eigenvalue weighted by Crippen LogP contribution is -1.92. The van der Waals surface area contributed by atoms with E-state index < -0.39 is 0 Å². The zero-order chi connectivity index (χ0) is 30.9. The molecule has 10 aromatic rings. The molecule has 0 radical (unpaired) electrons. The van der Waals surface area contributed by atoms with E-state index in [0.717, 1.165) is 16.6 Å². The van der Waals surface area contributed by atoms with Gasteiger partial charge in [0.15, 0.2) is 0 Å². The molecule has 0 aliphatic heterocycles. The van der Waals surface area contributed by atoms with Crippen LogP contribution in [0.3, 0.4) is 0 Å². The Balaban J connectivity index is 1.26. The summed E-state index contributed by atoms with van der Waals surface area (Å²) >= 11 is 0. The molecule has 0 saturated heterocycles.